The Morgan fingerprint density at radius 3 is 2.94 bits per heavy atom. The summed E-state index contributed by atoms with van der Waals surface area (Å²) in [6.07, 6.45) is 1.89. The highest BCUT2D eigenvalue weighted by atomic mass is 15.0. The van der Waals surface area contributed by atoms with Crippen molar-refractivity contribution < 1.29 is 0 Å². The molecule has 2 aromatic rings. The van der Waals surface area contributed by atoms with Crippen LogP contribution in [0.4, 0.5) is 5.69 Å². The number of nitrogens with zero attached hydrogens (tertiary/aromatic N) is 2. The summed E-state index contributed by atoms with van der Waals surface area (Å²) >= 11 is 0. The van der Waals surface area contributed by atoms with E-state index in [2.05, 4.69) is 12.1 Å². The van der Waals surface area contributed by atoms with Gasteiger partial charge in [0.1, 0.15) is 11.8 Å². The fraction of sp³-hybridized carbons (Fsp3) is 0.154. The molecule has 0 bridgehead atoms. The zero-order valence-electron chi connectivity index (χ0n) is 9.14. The van der Waals surface area contributed by atoms with Crippen LogP contribution < -0.4 is 5.73 Å². The first kappa shape index (κ1) is 10.3. The number of anilines is 1. The minimum Gasteiger partial charge on any atom is -0.398 e. The zero-order valence-corrected chi connectivity index (χ0v) is 9.14. The quantitative estimate of drug-likeness (QED) is 0.775. The molecule has 0 unspecified atom stereocenters. The van der Waals surface area contributed by atoms with Gasteiger partial charge < -0.3 is 10.3 Å². The topological polar surface area (TPSA) is 54.7 Å². The number of aromatic nitrogens is 1. The second-order valence-corrected chi connectivity index (χ2v) is 3.84. The van der Waals surface area contributed by atoms with Crippen molar-refractivity contribution in [3.05, 3.63) is 53.3 Å². The SMILES string of the molecule is Cc1ccc(N)c(Cn2cccc2C#N)c1. The third-order valence-electron chi connectivity index (χ3n) is 2.58. The summed E-state index contributed by atoms with van der Waals surface area (Å²) in [4.78, 5) is 0. The van der Waals surface area contributed by atoms with Gasteiger partial charge in [-0.25, -0.2) is 0 Å². The van der Waals surface area contributed by atoms with Crippen molar-refractivity contribution in [3.8, 4) is 6.07 Å². The molecule has 3 nitrogen and oxygen atoms in total. The Balaban J connectivity index is 2.34. The average molecular weight is 211 g/mol. The van der Waals surface area contributed by atoms with Crippen molar-refractivity contribution in [1.82, 2.24) is 4.57 Å². The lowest BCUT2D eigenvalue weighted by molar-refractivity contribution is 0.795. The lowest BCUT2D eigenvalue weighted by atomic mass is 10.1. The number of rotatable bonds is 2. The van der Waals surface area contributed by atoms with Crippen molar-refractivity contribution in [2.24, 2.45) is 0 Å². The Hall–Kier alpha value is -2.21. The number of hydrogen-bond acceptors (Lipinski definition) is 2. The highest BCUT2D eigenvalue weighted by molar-refractivity contribution is 5.48. The smallest absolute Gasteiger partial charge is 0.120 e. The number of aryl methyl sites for hydroxylation is 1. The molecular weight excluding hydrogens is 198 g/mol. The van der Waals surface area contributed by atoms with Crippen LogP contribution in [0.2, 0.25) is 0 Å². The standard InChI is InChI=1S/C13H13N3/c1-10-4-5-13(15)11(7-10)9-16-6-2-3-12(16)8-14/h2-7H,9,15H2,1H3. The molecular formula is C13H13N3. The predicted octanol–water partition coefficient (Wildman–Crippen LogP) is 2.30. The van der Waals surface area contributed by atoms with Gasteiger partial charge >= 0.3 is 0 Å². The molecule has 0 fully saturated rings. The maximum Gasteiger partial charge on any atom is 0.120 e. The lowest BCUT2D eigenvalue weighted by Crippen LogP contribution is -2.04. The summed E-state index contributed by atoms with van der Waals surface area (Å²) < 4.78 is 1.89. The first-order chi connectivity index (χ1) is 7.70. The van der Waals surface area contributed by atoms with Gasteiger partial charge in [-0.05, 0) is 30.7 Å². The van der Waals surface area contributed by atoms with Crippen molar-refractivity contribution in [2.75, 3.05) is 5.73 Å². The van der Waals surface area contributed by atoms with Crippen LogP contribution in [0.1, 0.15) is 16.8 Å². The monoisotopic (exact) mass is 211 g/mol. The number of nitriles is 1. The minimum absolute atomic E-state index is 0.642. The van der Waals surface area contributed by atoms with Crippen LogP contribution in [-0.4, -0.2) is 4.57 Å². The molecule has 0 radical (unpaired) electrons. The van der Waals surface area contributed by atoms with Gasteiger partial charge in [0.25, 0.3) is 0 Å². The van der Waals surface area contributed by atoms with E-state index in [1.54, 1.807) is 6.07 Å². The molecule has 16 heavy (non-hydrogen) atoms. The molecule has 1 heterocycles. The van der Waals surface area contributed by atoms with Gasteiger partial charge in [-0.1, -0.05) is 17.7 Å². The van der Waals surface area contributed by atoms with Crippen LogP contribution >= 0.6 is 0 Å². The van der Waals surface area contributed by atoms with Gasteiger partial charge in [0.05, 0.1) is 6.54 Å². The van der Waals surface area contributed by atoms with Gasteiger partial charge in [0, 0.05) is 11.9 Å². The van der Waals surface area contributed by atoms with Crippen LogP contribution in [0.15, 0.2) is 36.5 Å². The molecule has 0 atom stereocenters. The first-order valence-electron chi connectivity index (χ1n) is 5.11. The Labute approximate surface area is 94.7 Å². The molecule has 3 heteroatoms. The van der Waals surface area contributed by atoms with Gasteiger partial charge in [0.15, 0.2) is 0 Å². The zero-order chi connectivity index (χ0) is 11.5. The fourth-order valence-electron chi connectivity index (χ4n) is 1.71. The Kier molecular flexibility index (Phi) is 2.65. The molecule has 1 aromatic carbocycles. The number of nitrogens with two attached hydrogens (primary N) is 1. The molecule has 0 amide bonds. The second kappa shape index (κ2) is 4.11. The van der Waals surface area contributed by atoms with Crippen LogP contribution in [0, 0.1) is 18.3 Å². The van der Waals surface area contributed by atoms with Gasteiger partial charge in [0.2, 0.25) is 0 Å². The Morgan fingerprint density at radius 1 is 1.38 bits per heavy atom. The molecule has 0 saturated heterocycles. The van der Waals surface area contributed by atoms with E-state index in [1.165, 1.54) is 5.56 Å². The van der Waals surface area contributed by atoms with Crippen molar-refractivity contribution in [2.45, 2.75) is 13.5 Å². The normalized spacial score (nSPS) is 10.0. The largest absolute Gasteiger partial charge is 0.398 e. The summed E-state index contributed by atoms with van der Waals surface area (Å²) in [5.41, 5.74) is 9.55. The van der Waals surface area contributed by atoms with Crippen molar-refractivity contribution >= 4 is 5.69 Å². The van der Waals surface area contributed by atoms with Crippen LogP contribution in [0.25, 0.3) is 0 Å². The molecule has 0 saturated carbocycles. The lowest BCUT2D eigenvalue weighted by Gasteiger charge is -2.09. The molecule has 2 rings (SSSR count). The molecule has 0 aliphatic carbocycles. The summed E-state index contributed by atoms with van der Waals surface area (Å²) in [7, 11) is 0. The first-order valence-corrected chi connectivity index (χ1v) is 5.11. The summed E-state index contributed by atoms with van der Waals surface area (Å²) in [6.45, 7) is 2.67. The number of hydrogen-bond donors (Lipinski definition) is 1. The highest BCUT2D eigenvalue weighted by Gasteiger charge is 2.03. The second-order valence-electron chi connectivity index (χ2n) is 3.84. The molecule has 1 aromatic heterocycles. The minimum atomic E-state index is 0.642. The summed E-state index contributed by atoms with van der Waals surface area (Å²) in [6, 6.07) is 11.8. The van der Waals surface area contributed by atoms with Crippen LogP contribution in [0.5, 0.6) is 0 Å². The van der Waals surface area contributed by atoms with Crippen LogP contribution in [-0.2, 0) is 6.54 Å². The number of nitrogen functional groups attached to an aromatic ring is 1. The molecule has 0 spiro atoms. The van der Waals surface area contributed by atoms with E-state index in [9.17, 15) is 0 Å². The third-order valence-corrected chi connectivity index (χ3v) is 2.58. The van der Waals surface area contributed by atoms with Crippen LogP contribution in [0.3, 0.4) is 0 Å². The summed E-state index contributed by atoms with van der Waals surface area (Å²) in [5.74, 6) is 0. The molecule has 0 aliphatic rings. The highest BCUT2D eigenvalue weighted by Crippen LogP contribution is 2.16. The van der Waals surface area contributed by atoms with E-state index in [4.69, 9.17) is 11.0 Å². The van der Waals surface area contributed by atoms with E-state index in [0.717, 1.165) is 11.3 Å². The van der Waals surface area contributed by atoms with Gasteiger partial charge in [-0.3, -0.25) is 0 Å². The van der Waals surface area contributed by atoms with Gasteiger partial charge in [-0.2, -0.15) is 5.26 Å². The molecule has 0 aliphatic heterocycles. The maximum atomic E-state index is 8.91. The Bertz CT molecular complexity index is 547. The molecule has 80 valence electrons. The summed E-state index contributed by atoms with van der Waals surface area (Å²) in [5, 5.41) is 8.91. The Morgan fingerprint density at radius 2 is 2.19 bits per heavy atom. The van der Waals surface area contributed by atoms with E-state index in [0.29, 0.717) is 12.2 Å². The van der Waals surface area contributed by atoms with Gasteiger partial charge in [-0.15, -0.1) is 0 Å². The van der Waals surface area contributed by atoms with E-state index >= 15 is 0 Å². The fourth-order valence-corrected chi connectivity index (χ4v) is 1.71. The third kappa shape index (κ3) is 1.91. The van der Waals surface area contributed by atoms with Crippen molar-refractivity contribution in [1.29, 1.82) is 5.26 Å². The van der Waals surface area contributed by atoms with Crippen molar-refractivity contribution in [3.63, 3.8) is 0 Å². The number of benzene rings is 1. The molecule has 2 N–H and O–H groups in total. The van der Waals surface area contributed by atoms with E-state index in [1.807, 2.05) is 35.9 Å². The maximum absolute atomic E-state index is 8.91. The van der Waals surface area contributed by atoms with E-state index < -0.39 is 0 Å². The van der Waals surface area contributed by atoms with E-state index in [-0.39, 0.29) is 0 Å². The average Bonchev–Trinajstić information content (AvgIpc) is 2.71. The predicted molar refractivity (Wildman–Crippen MR) is 63.8 cm³/mol.